The maximum absolute atomic E-state index is 9.10. The Kier molecular flexibility index (Phi) is 4.97. The summed E-state index contributed by atoms with van der Waals surface area (Å²) in [4.78, 5) is 2.49. The molecule has 0 amide bonds. The summed E-state index contributed by atoms with van der Waals surface area (Å²) < 4.78 is 0. The largest absolute Gasteiger partial charge is 0.299 e. The van der Waals surface area contributed by atoms with E-state index in [-0.39, 0.29) is 5.92 Å². The van der Waals surface area contributed by atoms with Gasteiger partial charge in [0.15, 0.2) is 0 Å². The molecule has 0 aromatic heterocycles. The molecule has 0 heterocycles. The van der Waals surface area contributed by atoms with Crippen molar-refractivity contribution in [2.75, 3.05) is 13.1 Å². The summed E-state index contributed by atoms with van der Waals surface area (Å²) in [5.41, 5.74) is 0. The molecule has 2 atom stereocenters. The zero-order valence-electron chi connectivity index (χ0n) is 9.50. The lowest BCUT2D eigenvalue weighted by Crippen LogP contribution is -2.42. The molecule has 0 aliphatic heterocycles. The zero-order chi connectivity index (χ0) is 10.4. The maximum atomic E-state index is 9.10. The van der Waals surface area contributed by atoms with Crippen LogP contribution in [0.5, 0.6) is 0 Å². The monoisotopic (exact) mass is 194 g/mol. The normalized spacial score (nSPS) is 27.6. The average Bonchev–Trinajstić information content (AvgIpc) is 2.26. The molecule has 0 bridgehead atoms. The van der Waals surface area contributed by atoms with E-state index in [1.807, 2.05) is 0 Å². The Labute approximate surface area is 87.9 Å². The van der Waals surface area contributed by atoms with Crippen molar-refractivity contribution >= 4 is 0 Å². The van der Waals surface area contributed by atoms with Crippen LogP contribution in [0.15, 0.2) is 0 Å². The molecule has 1 rings (SSSR count). The molecule has 0 saturated heterocycles. The van der Waals surface area contributed by atoms with E-state index in [0.29, 0.717) is 6.04 Å². The minimum Gasteiger partial charge on any atom is -0.299 e. The number of hydrogen-bond donors (Lipinski definition) is 0. The predicted octanol–water partition coefficient (Wildman–Crippen LogP) is 2.80. The Morgan fingerprint density at radius 3 is 2.57 bits per heavy atom. The molecule has 1 fully saturated rings. The number of nitriles is 1. The molecule has 1 saturated carbocycles. The van der Waals surface area contributed by atoms with Crippen LogP contribution in [0.3, 0.4) is 0 Å². The first-order valence-electron chi connectivity index (χ1n) is 5.97. The van der Waals surface area contributed by atoms with Gasteiger partial charge in [0.05, 0.1) is 12.0 Å². The van der Waals surface area contributed by atoms with Gasteiger partial charge in [0.2, 0.25) is 0 Å². The summed E-state index contributed by atoms with van der Waals surface area (Å²) in [5.74, 6) is 0.287. The lowest BCUT2D eigenvalue weighted by Gasteiger charge is -2.36. The Bertz CT molecular complexity index is 195. The van der Waals surface area contributed by atoms with Crippen LogP contribution >= 0.6 is 0 Å². The van der Waals surface area contributed by atoms with E-state index < -0.39 is 0 Å². The van der Waals surface area contributed by atoms with Gasteiger partial charge in [-0.15, -0.1) is 0 Å². The summed E-state index contributed by atoms with van der Waals surface area (Å²) in [6.45, 7) is 6.67. The average molecular weight is 194 g/mol. The number of rotatable bonds is 4. The number of nitrogens with zero attached hydrogens (tertiary/aromatic N) is 2. The molecule has 1 aliphatic carbocycles. The minimum absolute atomic E-state index is 0.287. The van der Waals surface area contributed by atoms with E-state index in [0.717, 1.165) is 19.5 Å². The fourth-order valence-corrected chi connectivity index (χ4v) is 2.54. The Morgan fingerprint density at radius 2 is 2.00 bits per heavy atom. The van der Waals surface area contributed by atoms with Crippen molar-refractivity contribution in [3.05, 3.63) is 0 Å². The second-order valence-corrected chi connectivity index (χ2v) is 4.22. The SMILES string of the molecule is CCCN(CC)C1CCCCC1C#N. The second kappa shape index (κ2) is 6.03. The summed E-state index contributed by atoms with van der Waals surface area (Å²) >= 11 is 0. The third-order valence-corrected chi connectivity index (χ3v) is 3.28. The van der Waals surface area contributed by atoms with E-state index in [9.17, 15) is 0 Å². The summed E-state index contributed by atoms with van der Waals surface area (Å²) in [5, 5.41) is 9.10. The van der Waals surface area contributed by atoms with Gasteiger partial charge < -0.3 is 0 Å². The van der Waals surface area contributed by atoms with Crippen molar-refractivity contribution in [1.29, 1.82) is 5.26 Å². The predicted molar refractivity (Wildman–Crippen MR) is 58.9 cm³/mol. The van der Waals surface area contributed by atoms with Crippen LogP contribution in [-0.4, -0.2) is 24.0 Å². The summed E-state index contributed by atoms with van der Waals surface area (Å²) in [7, 11) is 0. The van der Waals surface area contributed by atoms with Gasteiger partial charge in [-0.2, -0.15) is 5.26 Å². The summed E-state index contributed by atoms with van der Waals surface area (Å²) in [6, 6.07) is 3.03. The van der Waals surface area contributed by atoms with E-state index in [1.165, 1.54) is 25.7 Å². The van der Waals surface area contributed by atoms with Crippen LogP contribution in [0.4, 0.5) is 0 Å². The van der Waals surface area contributed by atoms with Crippen LogP contribution < -0.4 is 0 Å². The first kappa shape index (κ1) is 11.5. The summed E-state index contributed by atoms with van der Waals surface area (Å²) in [6.07, 6.45) is 6.09. The van der Waals surface area contributed by atoms with Crippen LogP contribution in [0, 0.1) is 17.2 Å². The molecule has 0 aromatic carbocycles. The van der Waals surface area contributed by atoms with Gasteiger partial charge in [0, 0.05) is 6.04 Å². The lowest BCUT2D eigenvalue weighted by molar-refractivity contribution is 0.133. The van der Waals surface area contributed by atoms with Gasteiger partial charge in [0.25, 0.3) is 0 Å². The van der Waals surface area contributed by atoms with E-state index in [1.54, 1.807) is 0 Å². The molecule has 0 spiro atoms. The van der Waals surface area contributed by atoms with Gasteiger partial charge >= 0.3 is 0 Å². The highest BCUT2D eigenvalue weighted by atomic mass is 15.2. The fraction of sp³-hybridized carbons (Fsp3) is 0.917. The topological polar surface area (TPSA) is 27.0 Å². The van der Waals surface area contributed by atoms with E-state index in [4.69, 9.17) is 5.26 Å². The highest BCUT2D eigenvalue weighted by molar-refractivity contribution is 4.95. The molecule has 2 nitrogen and oxygen atoms in total. The van der Waals surface area contributed by atoms with Crippen molar-refractivity contribution in [3.63, 3.8) is 0 Å². The van der Waals surface area contributed by atoms with Gasteiger partial charge in [-0.05, 0) is 32.4 Å². The lowest BCUT2D eigenvalue weighted by atomic mass is 9.84. The molecule has 0 N–H and O–H groups in total. The number of hydrogen-bond acceptors (Lipinski definition) is 2. The molecule has 0 aromatic rings. The standard InChI is InChI=1S/C12H22N2/c1-3-9-14(4-2)12-8-6-5-7-11(12)10-13/h11-12H,3-9H2,1-2H3. The quantitative estimate of drug-likeness (QED) is 0.688. The van der Waals surface area contributed by atoms with Crippen LogP contribution in [0.2, 0.25) is 0 Å². The van der Waals surface area contributed by atoms with Gasteiger partial charge in [-0.25, -0.2) is 0 Å². The molecular formula is C12H22N2. The first-order chi connectivity index (χ1) is 6.83. The van der Waals surface area contributed by atoms with Crippen molar-refractivity contribution in [2.45, 2.75) is 52.0 Å². The van der Waals surface area contributed by atoms with E-state index in [2.05, 4.69) is 24.8 Å². The molecule has 1 aliphatic rings. The zero-order valence-corrected chi connectivity index (χ0v) is 9.50. The first-order valence-corrected chi connectivity index (χ1v) is 5.97. The van der Waals surface area contributed by atoms with Crippen LogP contribution in [-0.2, 0) is 0 Å². The Hall–Kier alpha value is -0.550. The van der Waals surface area contributed by atoms with Crippen molar-refractivity contribution in [3.8, 4) is 6.07 Å². The van der Waals surface area contributed by atoms with Crippen molar-refractivity contribution in [2.24, 2.45) is 5.92 Å². The molecule has 2 unspecified atom stereocenters. The molecule has 0 radical (unpaired) electrons. The Balaban J connectivity index is 2.56. The second-order valence-electron chi connectivity index (χ2n) is 4.22. The third kappa shape index (κ3) is 2.72. The Morgan fingerprint density at radius 1 is 1.29 bits per heavy atom. The van der Waals surface area contributed by atoms with Crippen molar-refractivity contribution < 1.29 is 0 Å². The van der Waals surface area contributed by atoms with Crippen LogP contribution in [0.25, 0.3) is 0 Å². The minimum atomic E-state index is 0.287. The van der Waals surface area contributed by atoms with Gasteiger partial charge in [0.1, 0.15) is 0 Å². The van der Waals surface area contributed by atoms with Crippen molar-refractivity contribution in [1.82, 2.24) is 4.90 Å². The van der Waals surface area contributed by atoms with Gasteiger partial charge in [-0.1, -0.05) is 26.7 Å². The molecular weight excluding hydrogens is 172 g/mol. The molecule has 2 heteroatoms. The highest BCUT2D eigenvalue weighted by Crippen LogP contribution is 2.27. The van der Waals surface area contributed by atoms with Crippen LogP contribution in [0.1, 0.15) is 46.0 Å². The maximum Gasteiger partial charge on any atom is 0.0672 e. The van der Waals surface area contributed by atoms with Gasteiger partial charge in [-0.3, -0.25) is 4.90 Å². The smallest absolute Gasteiger partial charge is 0.0672 e. The third-order valence-electron chi connectivity index (χ3n) is 3.28. The van der Waals surface area contributed by atoms with E-state index >= 15 is 0 Å². The molecule has 80 valence electrons. The highest BCUT2D eigenvalue weighted by Gasteiger charge is 2.28. The fourth-order valence-electron chi connectivity index (χ4n) is 2.54. The molecule has 14 heavy (non-hydrogen) atoms.